The first-order chi connectivity index (χ1) is 22.4. The summed E-state index contributed by atoms with van der Waals surface area (Å²) in [5, 5.41) is 35.0. The van der Waals surface area contributed by atoms with Gasteiger partial charge in [0.15, 0.2) is 35.6 Å². The number of hydrogen-bond acceptors (Lipinski definition) is 14. The van der Waals surface area contributed by atoms with Crippen LogP contribution in [0.5, 0.6) is 28.7 Å². The maximum atomic E-state index is 13.5. The molecule has 3 unspecified atom stereocenters. The number of methoxy groups -OCH3 is 2. The molecule has 4 aliphatic heterocycles. The van der Waals surface area contributed by atoms with E-state index in [-0.39, 0.29) is 37.3 Å². The molecule has 14 heteroatoms. The van der Waals surface area contributed by atoms with E-state index in [0.29, 0.717) is 28.2 Å². The molecule has 1 aromatic heterocycles. The van der Waals surface area contributed by atoms with Crippen molar-refractivity contribution in [3.63, 3.8) is 0 Å². The molecule has 5 aliphatic rings. The molecule has 0 amide bonds. The number of ether oxygens (including phenoxy) is 9. The van der Waals surface area contributed by atoms with E-state index >= 15 is 0 Å². The number of aliphatic hydroxyl groups is 2. The number of thiophene rings is 1. The Hall–Kier alpha value is -3.63. The molecule has 10 atom stereocenters. The predicted octanol–water partition coefficient (Wildman–Crippen LogP) is 2.75. The number of fused-ring (bicyclic) bond motifs is 4. The number of aromatic hydroxyl groups is 1. The highest BCUT2D eigenvalue weighted by Gasteiger charge is 2.56. The van der Waals surface area contributed by atoms with Gasteiger partial charge in [-0.05, 0) is 52.4 Å². The largest absolute Gasteiger partial charge is 0.502 e. The second-order valence-electron chi connectivity index (χ2n) is 11.8. The first-order valence-electron chi connectivity index (χ1n) is 14.9. The molecule has 3 aromatic rings. The molecule has 0 saturated carbocycles. The van der Waals surface area contributed by atoms with Crippen LogP contribution < -0.4 is 18.9 Å². The van der Waals surface area contributed by atoms with Crippen molar-refractivity contribution in [1.29, 1.82) is 0 Å². The third kappa shape index (κ3) is 4.70. The van der Waals surface area contributed by atoms with Gasteiger partial charge in [-0.25, -0.2) is 0 Å². The van der Waals surface area contributed by atoms with Gasteiger partial charge in [-0.3, -0.25) is 4.79 Å². The Morgan fingerprint density at radius 1 is 0.913 bits per heavy atom. The number of carbonyl (C=O) groups is 1. The fraction of sp³-hybridized carbons (Fsp3) is 0.469. The molecule has 0 spiro atoms. The van der Waals surface area contributed by atoms with Crippen LogP contribution in [0, 0.1) is 11.8 Å². The number of phenolic OH excluding ortho intramolecular Hbond substituents is 1. The van der Waals surface area contributed by atoms with E-state index in [2.05, 4.69) is 0 Å². The molecule has 2 aromatic carbocycles. The van der Waals surface area contributed by atoms with E-state index in [1.807, 2.05) is 23.6 Å². The lowest BCUT2D eigenvalue weighted by atomic mass is 9.66. The minimum atomic E-state index is -1.47. The van der Waals surface area contributed by atoms with Crippen molar-refractivity contribution in [2.24, 2.45) is 11.8 Å². The maximum Gasteiger partial charge on any atom is 0.310 e. The molecule has 244 valence electrons. The standard InChI is InChI=1S/C32H32O13S/c1-37-19-6-13(7-20(38-2)25(19)33)23-14-8-17-18(42-12-41-17)9-15(14)28(16-10-39-30(36)24(16)23)44-32-27(35)26(34)29-21(43-32)11-40-31(45-29)22-4-3-5-46-22/h3-9,16,21,23-24,26-29,31-35H,10-12H2,1-2H3/t16-,21+,23+,24-,26?,27+,28?,29+,31+,32?/m0/s1. The lowest BCUT2D eigenvalue weighted by molar-refractivity contribution is -0.368. The number of rotatable bonds is 6. The van der Waals surface area contributed by atoms with E-state index < -0.39 is 66.8 Å². The van der Waals surface area contributed by atoms with Gasteiger partial charge in [-0.2, -0.15) is 0 Å². The first-order valence-corrected chi connectivity index (χ1v) is 15.8. The third-order valence-electron chi connectivity index (χ3n) is 9.37. The summed E-state index contributed by atoms with van der Waals surface area (Å²) in [6, 6.07) is 10.7. The van der Waals surface area contributed by atoms with Crippen molar-refractivity contribution < 1.29 is 62.7 Å². The van der Waals surface area contributed by atoms with Crippen LogP contribution in [0.3, 0.4) is 0 Å². The number of esters is 1. The average molecular weight is 657 g/mol. The molecule has 0 radical (unpaired) electrons. The summed E-state index contributed by atoms with van der Waals surface area (Å²) < 4.78 is 52.6. The van der Waals surface area contributed by atoms with Crippen LogP contribution in [0.4, 0.5) is 0 Å². The number of phenols is 1. The topological polar surface area (TPSA) is 161 Å². The number of cyclic esters (lactones) is 1. The molecular weight excluding hydrogens is 624 g/mol. The molecule has 8 rings (SSSR count). The lowest BCUT2D eigenvalue weighted by Gasteiger charge is -2.48. The van der Waals surface area contributed by atoms with Gasteiger partial charge < -0.3 is 58.0 Å². The Morgan fingerprint density at radius 3 is 2.35 bits per heavy atom. The summed E-state index contributed by atoms with van der Waals surface area (Å²) in [4.78, 5) is 14.3. The van der Waals surface area contributed by atoms with Gasteiger partial charge in [0.1, 0.15) is 24.4 Å². The third-order valence-corrected chi connectivity index (χ3v) is 10.3. The highest BCUT2D eigenvalue weighted by atomic mass is 32.1. The van der Waals surface area contributed by atoms with E-state index in [1.165, 1.54) is 25.6 Å². The minimum absolute atomic E-state index is 0.0242. The molecule has 0 bridgehead atoms. The van der Waals surface area contributed by atoms with Gasteiger partial charge in [0.25, 0.3) is 0 Å². The molecule has 3 N–H and O–H groups in total. The van der Waals surface area contributed by atoms with Crippen molar-refractivity contribution in [3.8, 4) is 28.7 Å². The number of carbonyl (C=O) groups excluding carboxylic acids is 1. The Morgan fingerprint density at radius 2 is 1.65 bits per heavy atom. The Balaban J connectivity index is 1.16. The van der Waals surface area contributed by atoms with Crippen molar-refractivity contribution in [3.05, 3.63) is 63.3 Å². The summed E-state index contributed by atoms with van der Waals surface area (Å²) in [5.41, 5.74) is 2.00. The zero-order valence-corrected chi connectivity index (χ0v) is 25.6. The smallest absolute Gasteiger partial charge is 0.310 e. The molecule has 3 saturated heterocycles. The maximum absolute atomic E-state index is 13.5. The van der Waals surface area contributed by atoms with Crippen molar-refractivity contribution in [1.82, 2.24) is 0 Å². The average Bonchev–Trinajstić information content (AvgIpc) is 3.85. The predicted molar refractivity (Wildman–Crippen MR) is 156 cm³/mol. The zero-order chi connectivity index (χ0) is 31.7. The highest BCUT2D eigenvalue weighted by Crippen LogP contribution is 2.57. The summed E-state index contributed by atoms with van der Waals surface area (Å²) >= 11 is 1.46. The fourth-order valence-corrected chi connectivity index (χ4v) is 7.89. The Kier molecular flexibility index (Phi) is 7.48. The fourth-order valence-electron chi connectivity index (χ4n) is 7.18. The molecule has 13 nitrogen and oxygen atoms in total. The van der Waals surface area contributed by atoms with Crippen molar-refractivity contribution in [2.45, 2.75) is 49.0 Å². The SMILES string of the molecule is COc1cc([C@@H]2c3cc4c(cc3C(OC3O[C@@H]5CO[C@@H](c6cccs6)O[C@H]5C(O)[C@H]3O)[C@H]3COC(=O)[C@H]23)OCO4)cc(OC)c1O. The van der Waals surface area contributed by atoms with Crippen LogP contribution in [0.25, 0.3) is 0 Å². The van der Waals surface area contributed by atoms with Gasteiger partial charge in [0.2, 0.25) is 12.5 Å². The van der Waals surface area contributed by atoms with Gasteiger partial charge in [0.05, 0.1) is 44.3 Å². The minimum Gasteiger partial charge on any atom is -0.502 e. The number of benzene rings is 2. The van der Waals surface area contributed by atoms with Crippen molar-refractivity contribution >= 4 is 17.3 Å². The van der Waals surface area contributed by atoms with Gasteiger partial charge in [-0.15, -0.1) is 11.3 Å². The number of aliphatic hydroxyl groups excluding tert-OH is 2. The Bertz CT molecular complexity index is 1600. The lowest BCUT2D eigenvalue weighted by Crippen LogP contribution is -2.62. The quantitative estimate of drug-likeness (QED) is 0.333. The Labute approximate surface area is 267 Å². The zero-order valence-electron chi connectivity index (χ0n) is 24.8. The highest BCUT2D eigenvalue weighted by molar-refractivity contribution is 7.10. The van der Waals surface area contributed by atoms with Crippen LogP contribution >= 0.6 is 11.3 Å². The summed E-state index contributed by atoms with van der Waals surface area (Å²) in [7, 11) is 2.86. The van der Waals surface area contributed by atoms with Crippen LogP contribution in [-0.4, -0.2) is 86.2 Å². The van der Waals surface area contributed by atoms with E-state index in [9.17, 15) is 20.1 Å². The second kappa shape index (κ2) is 11.6. The monoisotopic (exact) mass is 656 g/mol. The van der Waals surface area contributed by atoms with Crippen LogP contribution in [0.15, 0.2) is 41.8 Å². The summed E-state index contributed by atoms with van der Waals surface area (Å²) in [5.74, 6) is -1.08. The molecule has 46 heavy (non-hydrogen) atoms. The summed E-state index contributed by atoms with van der Waals surface area (Å²) in [6.07, 6.45) is -7.16. The van der Waals surface area contributed by atoms with Gasteiger partial charge >= 0.3 is 5.97 Å². The molecule has 1 aliphatic carbocycles. The molecular formula is C32H32O13S. The summed E-state index contributed by atoms with van der Waals surface area (Å²) in [6.45, 7) is 0.171. The van der Waals surface area contributed by atoms with E-state index in [1.54, 1.807) is 18.2 Å². The van der Waals surface area contributed by atoms with Gasteiger partial charge in [0, 0.05) is 11.8 Å². The number of hydrogen-bond donors (Lipinski definition) is 3. The first kappa shape index (κ1) is 29.8. The van der Waals surface area contributed by atoms with Crippen molar-refractivity contribution in [2.75, 3.05) is 34.2 Å². The van der Waals surface area contributed by atoms with Crippen LogP contribution in [0.1, 0.15) is 39.9 Å². The van der Waals surface area contributed by atoms with Crippen LogP contribution in [-0.2, 0) is 28.5 Å². The van der Waals surface area contributed by atoms with E-state index in [0.717, 1.165) is 4.88 Å². The molecule has 5 heterocycles. The molecule has 3 fully saturated rings. The second-order valence-corrected chi connectivity index (χ2v) is 12.7. The van der Waals surface area contributed by atoms with E-state index in [4.69, 9.17) is 42.6 Å². The normalized spacial score (nSPS) is 34.3. The van der Waals surface area contributed by atoms with Crippen LogP contribution in [0.2, 0.25) is 0 Å². The van der Waals surface area contributed by atoms with Gasteiger partial charge in [-0.1, -0.05) is 6.07 Å².